The summed E-state index contributed by atoms with van der Waals surface area (Å²) in [6.07, 6.45) is 1.85. The van der Waals surface area contributed by atoms with E-state index in [1.54, 1.807) is 4.90 Å². The molecule has 0 radical (unpaired) electrons. The summed E-state index contributed by atoms with van der Waals surface area (Å²) < 4.78 is 1.27. The minimum atomic E-state index is -0.228. The van der Waals surface area contributed by atoms with Gasteiger partial charge < -0.3 is 10.2 Å². The lowest BCUT2D eigenvalue weighted by molar-refractivity contribution is -0.131. The molecule has 0 spiro atoms. The quantitative estimate of drug-likeness (QED) is 0.858. The lowest BCUT2D eigenvalue weighted by atomic mass is 10.1. The van der Waals surface area contributed by atoms with Crippen LogP contribution >= 0.6 is 0 Å². The molecule has 0 saturated carbocycles. The van der Waals surface area contributed by atoms with Gasteiger partial charge >= 0.3 is 0 Å². The fourth-order valence-corrected chi connectivity index (χ4v) is 2.26. The molecule has 1 aliphatic rings. The molecule has 1 N–H and O–H groups in total. The van der Waals surface area contributed by atoms with Crippen molar-refractivity contribution in [1.82, 2.24) is 14.7 Å². The Labute approximate surface area is 112 Å². The summed E-state index contributed by atoms with van der Waals surface area (Å²) in [4.78, 5) is 25.6. The number of carbonyl (C=O) groups is 1. The van der Waals surface area contributed by atoms with Crippen LogP contribution in [-0.4, -0.2) is 40.2 Å². The van der Waals surface area contributed by atoms with E-state index in [0.29, 0.717) is 13.1 Å². The van der Waals surface area contributed by atoms with E-state index >= 15 is 0 Å². The Kier molecular flexibility index (Phi) is 4.19. The molecule has 19 heavy (non-hydrogen) atoms. The van der Waals surface area contributed by atoms with E-state index in [1.807, 2.05) is 13.8 Å². The monoisotopic (exact) mass is 264 g/mol. The van der Waals surface area contributed by atoms with Gasteiger partial charge in [-0.3, -0.25) is 9.59 Å². The number of nitrogens with one attached hydrogen (secondary N) is 1. The SMILES string of the molecule is CCN(CC)C(=O)Cn1nc2c(cc1=O)NCCC2. The van der Waals surface area contributed by atoms with Gasteiger partial charge in [0, 0.05) is 25.7 Å². The maximum Gasteiger partial charge on any atom is 0.269 e. The van der Waals surface area contributed by atoms with Crippen LogP contribution in [0.25, 0.3) is 0 Å². The number of fused-ring (bicyclic) bond motifs is 1. The van der Waals surface area contributed by atoms with E-state index in [-0.39, 0.29) is 18.0 Å². The van der Waals surface area contributed by atoms with E-state index in [2.05, 4.69) is 10.4 Å². The highest BCUT2D eigenvalue weighted by Gasteiger charge is 2.16. The summed E-state index contributed by atoms with van der Waals surface area (Å²) in [5.74, 6) is -0.0664. The normalized spacial score (nSPS) is 13.6. The van der Waals surface area contributed by atoms with Gasteiger partial charge in [0.25, 0.3) is 5.56 Å². The molecule has 0 bridgehead atoms. The Morgan fingerprint density at radius 3 is 2.89 bits per heavy atom. The zero-order chi connectivity index (χ0) is 13.8. The minimum absolute atomic E-state index is 0.0216. The summed E-state index contributed by atoms with van der Waals surface area (Å²) >= 11 is 0. The number of hydrogen-bond donors (Lipinski definition) is 1. The minimum Gasteiger partial charge on any atom is -0.383 e. The summed E-state index contributed by atoms with van der Waals surface area (Å²) in [7, 11) is 0. The van der Waals surface area contributed by atoms with Gasteiger partial charge in [-0.15, -0.1) is 0 Å². The Balaban J connectivity index is 2.21. The van der Waals surface area contributed by atoms with Crippen molar-refractivity contribution < 1.29 is 4.79 Å². The summed E-state index contributed by atoms with van der Waals surface area (Å²) in [6, 6.07) is 1.54. The number of carbonyl (C=O) groups excluding carboxylic acids is 1. The lowest BCUT2D eigenvalue weighted by Gasteiger charge is -2.20. The van der Waals surface area contributed by atoms with Crippen LogP contribution in [-0.2, 0) is 17.8 Å². The van der Waals surface area contributed by atoms with Gasteiger partial charge in [-0.25, -0.2) is 4.68 Å². The smallest absolute Gasteiger partial charge is 0.269 e. The largest absolute Gasteiger partial charge is 0.383 e. The van der Waals surface area contributed by atoms with Gasteiger partial charge in [-0.2, -0.15) is 5.10 Å². The standard InChI is InChI=1S/C13H20N4O2/c1-3-16(4-2)13(19)9-17-12(18)8-11-10(15-17)6-5-7-14-11/h8,14H,3-7,9H2,1-2H3. The Hall–Kier alpha value is -1.85. The molecule has 2 heterocycles. The molecule has 2 rings (SSSR count). The fourth-order valence-electron chi connectivity index (χ4n) is 2.26. The number of likely N-dealkylation sites (N-methyl/N-ethyl adjacent to an activating group) is 1. The third kappa shape index (κ3) is 2.94. The van der Waals surface area contributed by atoms with Crippen molar-refractivity contribution in [3.05, 3.63) is 22.1 Å². The number of aromatic nitrogens is 2. The van der Waals surface area contributed by atoms with E-state index in [0.717, 1.165) is 30.8 Å². The predicted molar refractivity (Wildman–Crippen MR) is 73.2 cm³/mol. The third-order valence-corrected chi connectivity index (χ3v) is 3.38. The number of nitrogens with zero attached hydrogens (tertiary/aromatic N) is 3. The first kappa shape index (κ1) is 13.6. The van der Waals surface area contributed by atoms with Crippen LogP contribution in [0.3, 0.4) is 0 Å². The Morgan fingerprint density at radius 1 is 1.47 bits per heavy atom. The third-order valence-electron chi connectivity index (χ3n) is 3.38. The first-order valence-electron chi connectivity index (χ1n) is 6.78. The second kappa shape index (κ2) is 5.86. The van der Waals surface area contributed by atoms with E-state index < -0.39 is 0 Å². The van der Waals surface area contributed by atoms with Crippen LogP contribution in [0.4, 0.5) is 5.69 Å². The first-order chi connectivity index (χ1) is 9.15. The van der Waals surface area contributed by atoms with Crippen molar-refractivity contribution >= 4 is 11.6 Å². The number of aryl methyl sites for hydroxylation is 1. The average Bonchev–Trinajstić information content (AvgIpc) is 2.41. The van der Waals surface area contributed by atoms with E-state index in [9.17, 15) is 9.59 Å². The molecule has 0 aliphatic carbocycles. The van der Waals surface area contributed by atoms with E-state index in [1.165, 1.54) is 10.7 Å². The fraction of sp³-hybridized carbons (Fsp3) is 0.615. The van der Waals surface area contributed by atoms with Crippen LogP contribution < -0.4 is 10.9 Å². The first-order valence-corrected chi connectivity index (χ1v) is 6.78. The van der Waals surface area contributed by atoms with Crippen LogP contribution in [0.2, 0.25) is 0 Å². The zero-order valence-electron chi connectivity index (χ0n) is 11.5. The summed E-state index contributed by atoms with van der Waals surface area (Å²) in [6.45, 7) is 6.04. The van der Waals surface area contributed by atoms with Crippen LogP contribution in [0.1, 0.15) is 26.0 Å². The lowest BCUT2D eigenvalue weighted by Crippen LogP contribution is -2.37. The Bertz CT molecular complexity index is 520. The molecule has 6 nitrogen and oxygen atoms in total. The highest BCUT2D eigenvalue weighted by molar-refractivity contribution is 5.75. The predicted octanol–water partition coefficient (Wildman–Crippen LogP) is 0.470. The highest BCUT2D eigenvalue weighted by atomic mass is 16.2. The van der Waals surface area contributed by atoms with Crippen molar-refractivity contribution in [2.45, 2.75) is 33.2 Å². The second-order valence-electron chi connectivity index (χ2n) is 4.60. The molecule has 0 aromatic carbocycles. The van der Waals surface area contributed by atoms with Crippen LogP contribution in [0, 0.1) is 0 Å². The molecule has 0 fully saturated rings. The molecule has 0 unspecified atom stereocenters. The molecule has 6 heteroatoms. The van der Waals surface area contributed by atoms with Crippen molar-refractivity contribution in [3.8, 4) is 0 Å². The summed E-state index contributed by atoms with van der Waals surface area (Å²) in [5.41, 5.74) is 1.45. The van der Waals surface area contributed by atoms with E-state index in [4.69, 9.17) is 0 Å². The molecule has 104 valence electrons. The van der Waals surface area contributed by atoms with Gasteiger partial charge in [0.15, 0.2) is 0 Å². The highest BCUT2D eigenvalue weighted by Crippen LogP contribution is 2.16. The molecule has 0 atom stereocenters. The molecule has 0 saturated heterocycles. The van der Waals surface area contributed by atoms with Crippen molar-refractivity contribution in [1.29, 1.82) is 0 Å². The second-order valence-corrected chi connectivity index (χ2v) is 4.60. The van der Waals surface area contributed by atoms with Gasteiger partial charge in [-0.05, 0) is 26.7 Å². The molecule has 1 aliphatic heterocycles. The zero-order valence-corrected chi connectivity index (χ0v) is 11.5. The van der Waals surface area contributed by atoms with Crippen LogP contribution in [0.15, 0.2) is 10.9 Å². The van der Waals surface area contributed by atoms with Crippen LogP contribution in [0.5, 0.6) is 0 Å². The molecular weight excluding hydrogens is 244 g/mol. The Morgan fingerprint density at radius 2 is 2.21 bits per heavy atom. The summed E-state index contributed by atoms with van der Waals surface area (Å²) in [5, 5.41) is 7.46. The maximum atomic E-state index is 12.0. The molecule has 1 aromatic rings. The van der Waals surface area contributed by atoms with Gasteiger partial charge in [0.05, 0.1) is 11.4 Å². The van der Waals surface area contributed by atoms with Gasteiger partial charge in [0.2, 0.25) is 5.91 Å². The molecule has 1 aromatic heterocycles. The van der Waals surface area contributed by atoms with Gasteiger partial charge in [0.1, 0.15) is 6.54 Å². The number of hydrogen-bond acceptors (Lipinski definition) is 4. The van der Waals surface area contributed by atoms with Crippen molar-refractivity contribution in [2.24, 2.45) is 0 Å². The maximum absolute atomic E-state index is 12.0. The van der Waals surface area contributed by atoms with Crippen molar-refractivity contribution in [2.75, 3.05) is 25.0 Å². The number of rotatable bonds is 4. The molecule has 1 amide bonds. The topological polar surface area (TPSA) is 67.2 Å². The molecular formula is C13H20N4O2. The van der Waals surface area contributed by atoms with Gasteiger partial charge in [-0.1, -0.05) is 0 Å². The average molecular weight is 264 g/mol. The number of amides is 1. The number of anilines is 1. The van der Waals surface area contributed by atoms with Crippen molar-refractivity contribution in [3.63, 3.8) is 0 Å².